The van der Waals surface area contributed by atoms with E-state index in [2.05, 4.69) is 59.4 Å². The van der Waals surface area contributed by atoms with Gasteiger partial charge in [-0.1, -0.05) is 6.07 Å². The van der Waals surface area contributed by atoms with Gasteiger partial charge in [0.25, 0.3) is 0 Å². The van der Waals surface area contributed by atoms with E-state index in [-0.39, 0.29) is 0 Å². The molecule has 0 spiro atoms. The quantitative estimate of drug-likeness (QED) is 0.825. The average Bonchev–Trinajstić information content (AvgIpc) is 3.37. The fourth-order valence-corrected chi connectivity index (χ4v) is 5.96. The van der Waals surface area contributed by atoms with Gasteiger partial charge in [-0.15, -0.1) is 0 Å². The zero-order valence-corrected chi connectivity index (χ0v) is 17.3. The summed E-state index contributed by atoms with van der Waals surface area (Å²) in [6.45, 7) is 10.3. The SMILES string of the molecule is Cc1ccnc(N2CCc3cc([N+]4([C@H]5CCNC5)CCC[C@@H]4C)ccc3C2)c1. The third kappa shape index (κ3) is 2.94. The number of hydrogen-bond donors (Lipinski definition) is 1. The lowest BCUT2D eigenvalue weighted by molar-refractivity contribution is 0.203. The number of anilines is 1. The predicted octanol–water partition coefficient (Wildman–Crippen LogP) is 3.80. The molecule has 4 nitrogen and oxygen atoms in total. The Bertz CT molecular complexity index is 857. The van der Waals surface area contributed by atoms with Crippen LogP contribution in [-0.4, -0.2) is 43.2 Å². The lowest BCUT2D eigenvalue weighted by Crippen LogP contribution is -2.59. The molecule has 0 amide bonds. The first-order valence-electron chi connectivity index (χ1n) is 11.0. The minimum atomic E-state index is 0.736. The first-order chi connectivity index (χ1) is 13.7. The van der Waals surface area contributed by atoms with Crippen LogP contribution in [0.3, 0.4) is 0 Å². The summed E-state index contributed by atoms with van der Waals surface area (Å²) >= 11 is 0. The zero-order chi connectivity index (χ0) is 19.1. The van der Waals surface area contributed by atoms with E-state index in [9.17, 15) is 0 Å². The standard InChI is InChI=1S/C24H33N4/c1-18-7-11-26-24(14-18)27-12-9-20-15-22(6-5-21(20)17-27)28(13-3-4-19(28)2)23-8-10-25-16-23/h5-7,11,14-15,19,23,25H,3-4,8-10,12-13,16-17H2,1-2H3/q+1/t19-,23-,28?/m0/s1. The van der Waals surface area contributed by atoms with Crippen molar-refractivity contribution in [2.75, 3.05) is 31.1 Å². The van der Waals surface area contributed by atoms with Crippen molar-refractivity contribution in [1.82, 2.24) is 14.8 Å². The van der Waals surface area contributed by atoms with Crippen molar-refractivity contribution in [3.63, 3.8) is 0 Å². The maximum Gasteiger partial charge on any atom is 0.133 e. The van der Waals surface area contributed by atoms with E-state index in [4.69, 9.17) is 0 Å². The van der Waals surface area contributed by atoms with Gasteiger partial charge in [0.15, 0.2) is 0 Å². The van der Waals surface area contributed by atoms with Gasteiger partial charge in [0.1, 0.15) is 17.5 Å². The fraction of sp³-hybridized carbons (Fsp3) is 0.542. The summed E-state index contributed by atoms with van der Waals surface area (Å²) in [5.74, 6) is 1.11. The summed E-state index contributed by atoms with van der Waals surface area (Å²) in [7, 11) is 0. The van der Waals surface area contributed by atoms with Gasteiger partial charge in [0.05, 0.1) is 12.6 Å². The van der Waals surface area contributed by atoms with Crippen molar-refractivity contribution in [3.8, 4) is 0 Å². The maximum absolute atomic E-state index is 4.61. The predicted molar refractivity (Wildman–Crippen MR) is 117 cm³/mol. The normalized spacial score (nSPS) is 29.9. The molecule has 4 heteroatoms. The average molecular weight is 378 g/mol. The van der Waals surface area contributed by atoms with E-state index in [0.29, 0.717) is 0 Å². The highest BCUT2D eigenvalue weighted by atomic mass is 15.4. The molecule has 3 atom stereocenters. The number of nitrogens with one attached hydrogen (secondary N) is 1. The van der Waals surface area contributed by atoms with E-state index in [1.807, 2.05) is 6.20 Å². The fourth-order valence-electron chi connectivity index (χ4n) is 5.96. The number of benzene rings is 1. The molecule has 0 saturated carbocycles. The highest BCUT2D eigenvalue weighted by Gasteiger charge is 2.48. The summed E-state index contributed by atoms with van der Waals surface area (Å²) in [6, 6.07) is 13.2. The van der Waals surface area contributed by atoms with Gasteiger partial charge < -0.3 is 10.2 Å². The highest BCUT2D eigenvalue weighted by Crippen LogP contribution is 2.40. The summed E-state index contributed by atoms with van der Waals surface area (Å²) in [6.07, 6.45) is 7.09. The summed E-state index contributed by atoms with van der Waals surface area (Å²) < 4.78 is 1.21. The maximum atomic E-state index is 4.61. The minimum Gasteiger partial charge on any atom is -0.352 e. The molecular weight excluding hydrogens is 344 g/mol. The smallest absolute Gasteiger partial charge is 0.133 e. The van der Waals surface area contributed by atoms with Gasteiger partial charge in [-0.2, -0.15) is 0 Å². The molecule has 1 aromatic carbocycles. The number of likely N-dealkylation sites (tertiary alicyclic amines) is 1. The second-order valence-corrected chi connectivity index (χ2v) is 9.11. The van der Waals surface area contributed by atoms with Crippen LogP contribution in [0.1, 0.15) is 42.9 Å². The number of nitrogens with zero attached hydrogens (tertiary/aromatic N) is 3. The molecule has 5 rings (SSSR count). The van der Waals surface area contributed by atoms with Gasteiger partial charge in [-0.25, -0.2) is 4.98 Å². The Morgan fingerprint density at radius 2 is 2.07 bits per heavy atom. The molecular formula is C24H33N4+. The largest absolute Gasteiger partial charge is 0.352 e. The van der Waals surface area contributed by atoms with Gasteiger partial charge in [0, 0.05) is 57.7 Å². The van der Waals surface area contributed by atoms with Crippen molar-refractivity contribution in [2.45, 2.75) is 58.2 Å². The van der Waals surface area contributed by atoms with Crippen molar-refractivity contribution in [3.05, 3.63) is 53.2 Å². The molecule has 3 aliphatic rings. The van der Waals surface area contributed by atoms with E-state index < -0.39 is 0 Å². The van der Waals surface area contributed by atoms with Crippen molar-refractivity contribution < 1.29 is 0 Å². The molecule has 0 aliphatic carbocycles. The van der Waals surface area contributed by atoms with Crippen molar-refractivity contribution in [1.29, 1.82) is 0 Å². The Kier molecular flexibility index (Phi) is 4.64. The monoisotopic (exact) mass is 377 g/mol. The number of quaternary nitrogens is 1. The van der Waals surface area contributed by atoms with E-state index in [0.717, 1.165) is 37.4 Å². The molecule has 1 N–H and O–H groups in total. The number of pyridine rings is 1. The number of hydrogen-bond acceptors (Lipinski definition) is 3. The van der Waals surface area contributed by atoms with Gasteiger partial charge in [-0.3, -0.25) is 4.48 Å². The molecule has 3 aliphatic heterocycles. The zero-order valence-electron chi connectivity index (χ0n) is 17.3. The Labute approximate surface area is 169 Å². The number of aryl methyl sites for hydroxylation is 1. The topological polar surface area (TPSA) is 28.2 Å². The lowest BCUT2D eigenvalue weighted by Gasteiger charge is -2.44. The third-order valence-electron chi connectivity index (χ3n) is 7.53. The van der Waals surface area contributed by atoms with Crippen LogP contribution in [0.4, 0.5) is 11.5 Å². The summed E-state index contributed by atoms with van der Waals surface area (Å²) in [4.78, 5) is 7.04. The van der Waals surface area contributed by atoms with Gasteiger partial charge in [0.2, 0.25) is 0 Å². The Hall–Kier alpha value is -1.91. The van der Waals surface area contributed by atoms with Gasteiger partial charge in [-0.05, 0) is 55.2 Å². The van der Waals surface area contributed by atoms with Crippen LogP contribution in [0.5, 0.6) is 0 Å². The molecule has 2 aromatic rings. The van der Waals surface area contributed by atoms with Crippen LogP contribution in [-0.2, 0) is 13.0 Å². The lowest BCUT2D eigenvalue weighted by atomic mass is 9.96. The second kappa shape index (κ2) is 7.16. The number of rotatable bonds is 3. The van der Waals surface area contributed by atoms with Crippen LogP contribution in [0, 0.1) is 6.92 Å². The van der Waals surface area contributed by atoms with Crippen molar-refractivity contribution >= 4 is 11.5 Å². The molecule has 2 saturated heterocycles. The third-order valence-corrected chi connectivity index (χ3v) is 7.53. The summed E-state index contributed by atoms with van der Waals surface area (Å²) in [5.41, 5.74) is 5.89. The molecule has 28 heavy (non-hydrogen) atoms. The van der Waals surface area contributed by atoms with Crippen LogP contribution < -0.4 is 14.7 Å². The van der Waals surface area contributed by atoms with E-state index in [1.54, 1.807) is 11.3 Å². The minimum absolute atomic E-state index is 0.736. The van der Waals surface area contributed by atoms with Crippen molar-refractivity contribution in [2.24, 2.45) is 0 Å². The molecule has 4 heterocycles. The Balaban J connectivity index is 1.45. The molecule has 1 unspecified atom stereocenters. The number of fused-ring (bicyclic) bond motifs is 1. The van der Waals surface area contributed by atoms with Crippen LogP contribution in [0.2, 0.25) is 0 Å². The number of aromatic nitrogens is 1. The Morgan fingerprint density at radius 1 is 1.14 bits per heavy atom. The first-order valence-corrected chi connectivity index (χ1v) is 11.0. The molecule has 148 valence electrons. The van der Waals surface area contributed by atoms with E-state index >= 15 is 0 Å². The molecule has 0 radical (unpaired) electrons. The van der Waals surface area contributed by atoms with Crippen LogP contribution in [0.15, 0.2) is 36.5 Å². The van der Waals surface area contributed by atoms with Crippen LogP contribution >= 0.6 is 0 Å². The second-order valence-electron chi connectivity index (χ2n) is 9.11. The molecule has 1 aromatic heterocycles. The van der Waals surface area contributed by atoms with Gasteiger partial charge >= 0.3 is 0 Å². The first kappa shape index (κ1) is 18.1. The molecule has 2 fully saturated rings. The highest BCUT2D eigenvalue weighted by molar-refractivity contribution is 5.54. The van der Waals surface area contributed by atoms with Crippen LogP contribution in [0.25, 0.3) is 0 Å². The van der Waals surface area contributed by atoms with E-state index in [1.165, 1.54) is 54.5 Å². The summed E-state index contributed by atoms with van der Waals surface area (Å²) in [5, 5.41) is 3.63. The Morgan fingerprint density at radius 3 is 2.82 bits per heavy atom. The molecule has 0 bridgehead atoms.